The Labute approximate surface area is 121 Å². The fourth-order valence-corrected chi connectivity index (χ4v) is 3.04. The Hall–Kier alpha value is -1.91. The summed E-state index contributed by atoms with van der Waals surface area (Å²) in [6, 6.07) is 5.05. The topological polar surface area (TPSA) is 31.2 Å². The number of alkyl halides is 2. The van der Waals surface area contributed by atoms with E-state index in [2.05, 4.69) is 0 Å². The van der Waals surface area contributed by atoms with Crippen molar-refractivity contribution in [2.24, 2.45) is 0 Å². The Balaban J connectivity index is 2.20. The van der Waals surface area contributed by atoms with Gasteiger partial charge in [-0.1, -0.05) is 17.7 Å². The minimum atomic E-state index is -2.68. The van der Waals surface area contributed by atoms with E-state index in [1.54, 1.807) is 12.3 Å². The van der Waals surface area contributed by atoms with Gasteiger partial charge in [0.1, 0.15) is 5.75 Å². The Morgan fingerprint density at radius 2 is 2.10 bits per heavy atom. The zero-order valence-electron chi connectivity index (χ0n) is 12.0. The summed E-state index contributed by atoms with van der Waals surface area (Å²) in [5.41, 5.74) is 0.730. The van der Waals surface area contributed by atoms with Crippen LogP contribution in [0.5, 0.6) is 5.75 Å². The first-order valence-corrected chi connectivity index (χ1v) is 6.98. The van der Waals surface area contributed by atoms with Crippen LogP contribution in [0, 0.1) is 6.92 Å². The van der Waals surface area contributed by atoms with Gasteiger partial charge in [-0.2, -0.15) is 0 Å². The number of hydrogen-bond acceptors (Lipinski definition) is 2. The maximum atomic E-state index is 13.4. The van der Waals surface area contributed by atoms with Crippen LogP contribution in [-0.2, 0) is 0 Å². The fourth-order valence-electron chi connectivity index (χ4n) is 3.04. The molecule has 0 spiro atoms. The number of halogens is 2. The van der Waals surface area contributed by atoms with Crippen molar-refractivity contribution in [1.29, 1.82) is 0 Å². The third kappa shape index (κ3) is 2.41. The number of ether oxygens (including phenoxy) is 1. The molecule has 1 fully saturated rings. The number of aromatic nitrogens is 1. The molecule has 112 valence electrons. The van der Waals surface area contributed by atoms with E-state index in [0.717, 1.165) is 5.56 Å². The van der Waals surface area contributed by atoms with Crippen LogP contribution in [0.3, 0.4) is 0 Å². The molecule has 1 atom stereocenters. The highest BCUT2D eigenvalue weighted by molar-refractivity contribution is 5.87. The first-order chi connectivity index (χ1) is 9.91. The van der Waals surface area contributed by atoms with E-state index >= 15 is 0 Å². The second-order valence-corrected chi connectivity index (χ2v) is 5.71. The number of benzene rings is 1. The van der Waals surface area contributed by atoms with E-state index < -0.39 is 12.0 Å². The van der Waals surface area contributed by atoms with Crippen LogP contribution >= 0.6 is 0 Å². The third-order valence-electron chi connectivity index (χ3n) is 4.15. The molecular weight excluding hydrogens is 276 g/mol. The number of fused-ring (bicyclic) bond motifs is 1. The van der Waals surface area contributed by atoms with Gasteiger partial charge in [0.05, 0.1) is 18.7 Å². The molecule has 21 heavy (non-hydrogen) atoms. The molecule has 3 nitrogen and oxygen atoms in total. The van der Waals surface area contributed by atoms with E-state index in [1.807, 2.05) is 19.1 Å². The van der Waals surface area contributed by atoms with Crippen LogP contribution in [0.2, 0.25) is 0 Å². The van der Waals surface area contributed by atoms with Gasteiger partial charge in [-0.05, 0) is 19.4 Å². The molecule has 1 aliphatic carbocycles. The van der Waals surface area contributed by atoms with Crippen molar-refractivity contribution < 1.29 is 13.5 Å². The predicted octanol–water partition coefficient (Wildman–Crippen LogP) is 3.68. The zero-order valence-corrected chi connectivity index (χ0v) is 12.0. The predicted molar refractivity (Wildman–Crippen MR) is 77.3 cm³/mol. The molecule has 0 unspecified atom stereocenters. The lowest BCUT2D eigenvalue weighted by Gasteiger charge is -2.17. The molecule has 1 saturated carbocycles. The highest BCUT2D eigenvalue weighted by atomic mass is 19.3. The minimum absolute atomic E-state index is 0.168. The van der Waals surface area contributed by atoms with Crippen molar-refractivity contribution in [3.63, 3.8) is 0 Å². The van der Waals surface area contributed by atoms with E-state index in [9.17, 15) is 13.6 Å². The van der Waals surface area contributed by atoms with Crippen LogP contribution < -0.4 is 10.3 Å². The first kappa shape index (κ1) is 14.0. The summed E-state index contributed by atoms with van der Waals surface area (Å²) in [5, 5.41) is 1.23. The van der Waals surface area contributed by atoms with Gasteiger partial charge >= 0.3 is 0 Å². The Kier molecular flexibility index (Phi) is 3.23. The summed E-state index contributed by atoms with van der Waals surface area (Å²) >= 11 is 0. The van der Waals surface area contributed by atoms with Gasteiger partial charge in [-0.3, -0.25) is 4.79 Å². The summed E-state index contributed by atoms with van der Waals surface area (Å²) in [6.07, 6.45) is 1.42. The molecule has 0 N–H and O–H groups in total. The average molecular weight is 293 g/mol. The molecule has 3 rings (SSSR count). The number of aryl methyl sites for hydroxylation is 1. The molecule has 0 saturated heterocycles. The molecule has 1 heterocycles. The van der Waals surface area contributed by atoms with Gasteiger partial charge in [0.15, 0.2) is 0 Å². The first-order valence-electron chi connectivity index (χ1n) is 6.98. The SMILES string of the molecule is COc1cn([C@H]2CCC(F)(F)C2)c(=O)c2cc(C)ccc12. The van der Waals surface area contributed by atoms with E-state index in [4.69, 9.17) is 4.74 Å². The van der Waals surface area contributed by atoms with Gasteiger partial charge in [0.2, 0.25) is 5.92 Å². The number of pyridine rings is 1. The van der Waals surface area contributed by atoms with Crippen molar-refractivity contribution in [3.05, 3.63) is 40.3 Å². The van der Waals surface area contributed by atoms with Crippen molar-refractivity contribution in [3.8, 4) is 5.75 Å². The quantitative estimate of drug-likeness (QED) is 0.846. The van der Waals surface area contributed by atoms with Crippen LogP contribution in [-0.4, -0.2) is 17.6 Å². The van der Waals surface area contributed by atoms with Gasteiger partial charge in [-0.25, -0.2) is 8.78 Å². The summed E-state index contributed by atoms with van der Waals surface area (Å²) in [7, 11) is 1.52. The largest absolute Gasteiger partial charge is 0.495 e. The van der Waals surface area contributed by atoms with Crippen molar-refractivity contribution in [2.75, 3.05) is 7.11 Å². The number of rotatable bonds is 2. The standard InChI is InChI=1S/C16H17F2NO2/c1-10-3-4-12-13(7-10)15(20)19(9-14(12)21-2)11-5-6-16(17,18)8-11/h3-4,7,9,11H,5-6,8H2,1-2H3/t11-/m0/s1. The molecule has 5 heteroatoms. The summed E-state index contributed by atoms with van der Waals surface area (Å²) < 4.78 is 33.6. The summed E-state index contributed by atoms with van der Waals surface area (Å²) in [6.45, 7) is 1.90. The van der Waals surface area contributed by atoms with Crippen molar-refractivity contribution >= 4 is 10.8 Å². The normalized spacial score (nSPS) is 20.9. The molecule has 0 aliphatic heterocycles. The van der Waals surface area contributed by atoms with Crippen molar-refractivity contribution in [2.45, 2.75) is 38.2 Å². The zero-order chi connectivity index (χ0) is 15.2. The maximum Gasteiger partial charge on any atom is 0.258 e. The lowest BCUT2D eigenvalue weighted by molar-refractivity contribution is 0.00551. The molecule has 0 amide bonds. The number of nitrogens with zero attached hydrogens (tertiary/aromatic N) is 1. The van der Waals surface area contributed by atoms with Crippen LogP contribution in [0.1, 0.15) is 30.9 Å². The molecule has 1 aromatic carbocycles. The summed E-state index contributed by atoms with van der Waals surface area (Å²) in [5.74, 6) is -2.14. The highest BCUT2D eigenvalue weighted by Crippen LogP contribution is 2.41. The molecule has 2 aromatic rings. The average Bonchev–Trinajstić information content (AvgIpc) is 2.80. The number of hydrogen-bond donors (Lipinski definition) is 0. The van der Waals surface area contributed by atoms with E-state index in [1.165, 1.54) is 11.7 Å². The fraction of sp³-hybridized carbons (Fsp3) is 0.438. The van der Waals surface area contributed by atoms with Crippen LogP contribution in [0.25, 0.3) is 10.8 Å². The molecule has 1 aliphatic rings. The molecule has 0 bridgehead atoms. The summed E-state index contributed by atoms with van der Waals surface area (Å²) in [4.78, 5) is 12.6. The monoisotopic (exact) mass is 293 g/mol. The van der Waals surface area contributed by atoms with Crippen LogP contribution in [0.4, 0.5) is 8.78 Å². The second kappa shape index (κ2) is 4.83. The third-order valence-corrected chi connectivity index (χ3v) is 4.15. The van der Waals surface area contributed by atoms with Gasteiger partial charge in [-0.15, -0.1) is 0 Å². The van der Waals surface area contributed by atoms with Gasteiger partial charge in [0, 0.05) is 24.3 Å². The Morgan fingerprint density at radius 1 is 1.33 bits per heavy atom. The van der Waals surface area contributed by atoms with E-state index in [-0.39, 0.29) is 18.4 Å². The Morgan fingerprint density at radius 3 is 2.71 bits per heavy atom. The smallest absolute Gasteiger partial charge is 0.258 e. The lowest BCUT2D eigenvalue weighted by atomic mass is 10.1. The highest BCUT2D eigenvalue weighted by Gasteiger charge is 2.40. The minimum Gasteiger partial charge on any atom is -0.495 e. The van der Waals surface area contributed by atoms with E-state index in [0.29, 0.717) is 22.9 Å². The second-order valence-electron chi connectivity index (χ2n) is 5.71. The maximum absolute atomic E-state index is 13.4. The molecule has 1 aromatic heterocycles. The Bertz CT molecular complexity index is 752. The number of methoxy groups -OCH3 is 1. The molecule has 0 radical (unpaired) electrons. The van der Waals surface area contributed by atoms with Crippen LogP contribution in [0.15, 0.2) is 29.2 Å². The van der Waals surface area contributed by atoms with Gasteiger partial charge in [0.25, 0.3) is 5.56 Å². The van der Waals surface area contributed by atoms with Crippen molar-refractivity contribution in [1.82, 2.24) is 4.57 Å². The lowest BCUT2D eigenvalue weighted by Crippen LogP contribution is -2.24. The molecular formula is C16H17F2NO2. The van der Waals surface area contributed by atoms with Gasteiger partial charge < -0.3 is 9.30 Å².